The Kier molecular flexibility index (Phi) is 6.34. The van der Waals surface area contributed by atoms with Gasteiger partial charge in [0.1, 0.15) is 0 Å². The lowest BCUT2D eigenvalue weighted by Gasteiger charge is -2.07. The number of thioether (sulfide) groups is 1. The van der Waals surface area contributed by atoms with Gasteiger partial charge in [0.05, 0.1) is 5.75 Å². The lowest BCUT2D eigenvalue weighted by molar-refractivity contribution is -0.155. The first-order valence-corrected chi connectivity index (χ1v) is 6.39. The van der Waals surface area contributed by atoms with Crippen molar-refractivity contribution < 1.29 is 10.0 Å². The van der Waals surface area contributed by atoms with Crippen LogP contribution in [-0.2, 0) is 4.79 Å². The number of carbonyl (C=O) groups is 1. The minimum atomic E-state index is -0.283. The van der Waals surface area contributed by atoms with Crippen LogP contribution in [0.15, 0.2) is 18.5 Å². The second-order valence-corrected chi connectivity index (χ2v) is 4.43. The number of rotatable bonds is 7. The molecular formula is C10H16N4O2S. The number of hydroxylamine groups is 2. The van der Waals surface area contributed by atoms with Gasteiger partial charge in [-0.25, -0.2) is 15.0 Å². The van der Waals surface area contributed by atoms with Crippen molar-refractivity contribution in [2.24, 2.45) is 0 Å². The van der Waals surface area contributed by atoms with Gasteiger partial charge in [-0.3, -0.25) is 10.0 Å². The summed E-state index contributed by atoms with van der Waals surface area (Å²) in [6.45, 7) is 0.764. The van der Waals surface area contributed by atoms with E-state index < -0.39 is 0 Å². The molecule has 1 aromatic heterocycles. The summed E-state index contributed by atoms with van der Waals surface area (Å²) >= 11 is 1.49. The van der Waals surface area contributed by atoms with Crippen molar-refractivity contribution in [3.8, 4) is 0 Å². The van der Waals surface area contributed by atoms with E-state index in [0.717, 1.165) is 18.7 Å². The van der Waals surface area contributed by atoms with Crippen LogP contribution in [-0.4, -0.2) is 51.2 Å². The number of anilines is 1. The largest absolute Gasteiger partial charge is 0.354 e. The highest BCUT2D eigenvalue weighted by molar-refractivity contribution is 7.99. The maximum Gasteiger partial charge on any atom is 0.255 e. The lowest BCUT2D eigenvalue weighted by atomic mass is 10.5. The van der Waals surface area contributed by atoms with Gasteiger partial charge in [0.25, 0.3) is 5.91 Å². The smallest absolute Gasteiger partial charge is 0.255 e. The molecule has 1 amide bonds. The van der Waals surface area contributed by atoms with Crippen molar-refractivity contribution >= 4 is 23.6 Å². The molecule has 0 aliphatic carbocycles. The minimum Gasteiger partial charge on any atom is -0.354 e. The topological polar surface area (TPSA) is 78.4 Å². The molecule has 0 saturated heterocycles. The zero-order valence-corrected chi connectivity index (χ0v) is 10.5. The average molecular weight is 256 g/mol. The van der Waals surface area contributed by atoms with Gasteiger partial charge in [-0.15, -0.1) is 0 Å². The number of aromatic nitrogens is 2. The first kappa shape index (κ1) is 13.7. The molecule has 2 N–H and O–H groups in total. The highest BCUT2D eigenvalue weighted by Crippen LogP contribution is 2.03. The van der Waals surface area contributed by atoms with Gasteiger partial charge in [-0.05, 0) is 18.2 Å². The molecule has 0 bridgehead atoms. The quantitative estimate of drug-likeness (QED) is 0.428. The van der Waals surface area contributed by atoms with Gasteiger partial charge in [-0.2, -0.15) is 11.8 Å². The first-order valence-electron chi connectivity index (χ1n) is 5.24. The zero-order valence-electron chi connectivity index (χ0n) is 9.67. The van der Waals surface area contributed by atoms with Gasteiger partial charge in [0.15, 0.2) is 0 Å². The maximum absolute atomic E-state index is 11.0. The monoisotopic (exact) mass is 256 g/mol. The number of amides is 1. The Morgan fingerprint density at radius 3 is 2.88 bits per heavy atom. The Morgan fingerprint density at radius 2 is 2.24 bits per heavy atom. The summed E-state index contributed by atoms with van der Waals surface area (Å²) in [4.78, 5) is 19.1. The second-order valence-electron chi connectivity index (χ2n) is 3.32. The molecule has 94 valence electrons. The van der Waals surface area contributed by atoms with Gasteiger partial charge in [-0.1, -0.05) is 0 Å². The van der Waals surface area contributed by atoms with Crippen LogP contribution >= 0.6 is 11.8 Å². The van der Waals surface area contributed by atoms with E-state index in [9.17, 15) is 4.79 Å². The van der Waals surface area contributed by atoms with Crippen LogP contribution in [0.1, 0.15) is 6.42 Å². The van der Waals surface area contributed by atoms with Crippen LogP contribution in [0.25, 0.3) is 0 Å². The molecule has 0 saturated carbocycles. The molecular weight excluding hydrogens is 240 g/mol. The van der Waals surface area contributed by atoms with Crippen molar-refractivity contribution in [1.29, 1.82) is 0 Å². The average Bonchev–Trinajstić information content (AvgIpc) is 2.34. The number of nitrogens with zero attached hydrogens (tertiary/aromatic N) is 3. The molecule has 0 aliphatic heterocycles. The van der Waals surface area contributed by atoms with E-state index in [1.165, 1.54) is 18.8 Å². The highest BCUT2D eigenvalue weighted by atomic mass is 32.2. The fraction of sp³-hybridized carbons (Fsp3) is 0.500. The molecule has 0 aliphatic rings. The Labute approximate surface area is 104 Å². The Morgan fingerprint density at radius 1 is 1.53 bits per heavy atom. The fourth-order valence-electron chi connectivity index (χ4n) is 1.02. The van der Waals surface area contributed by atoms with Crippen molar-refractivity contribution in [2.75, 3.05) is 30.4 Å². The molecule has 0 unspecified atom stereocenters. The van der Waals surface area contributed by atoms with Crippen LogP contribution < -0.4 is 5.32 Å². The zero-order chi connectivity index (χ0) is 12.5. The summed E-state index contributed by atoms with van der Waals surface area (Å²) in [5.41, 5.74) is 0. The molecule has 0 atom stereocenters. The number of nitrogens with one attached hydrogen (secondary N) is 1. The highest BCUT2D eigenvalue weighted by Gasteiger charge is 2.04. The molecule has 17 heavy (non-hydrogen) atoms. The van der Waals surface area contributed by atoms with Crippen LogP contribution in [0.4, 0.5) is 5.95 Å². The van der Waals surface area contributed by atoms with Crippen molar-refractivity contribution in [1.82, 2.24) is 15.0 Å². The first-order chi connectivity index (χ1) is 8.20. The van der Waals surface area contributed by atoms with E-state index >= 15 is 0 Å². The second kappa shape index (κ2) is 7.86. The van der Waals surface area contributed by atoms with Crippen LogP contribution in [0, 0.1) is 0 Å². The summed E-state index contributed by atoms with van der Waals surface area (Å²) in [6.07, 6.45) is 4.27. The maximum atomic E-state index is 11.0. The van der Waals surface area contributed by atoms with E-state index in [4.69, 9.17) is 5.21 Å². The number of hydrogen-bond donors (Lipinski definition) is 2. The molecule has 6 nitrogen and oxygen atoms in total. The summed E-state index contributed by atoms with van der Waals surface area (Å²) in [7, 11) is 1.33. The molecule has 1 aromatic rings. The third-order valence-corrected chi connectivity index (χ3v) is 2.93. The van der Waals surface area contributed by atoms with Crippen LogP contribution in [0.3, 0.4) is 0 Å². The van der Waals surface area contributed by atoms with Gasteiger partial charge in [0.2, 0.25) is 5.95 Å². The molecule has 7 heteroatoms. The van der Waals surface area contributed by atoms with E-state index in [2.05, 4.69) is 15.3 Å². The number of hydrogen-bond acceptors (Lipinski definition) is 6. The summed E-state index contributed by atoms with van der Waals surface area (Å²) in [6, 6.07) is 1.76. The lowest BCUT2D eigenvalue weighted by Crippen LogP contribution is -2.24. The predicted octanol–water partition coefficient (Wildman–Crippen LogP) is 0.859. The molecule has 0 aromatic carbocycles. The van der Waals surface area contributed by atoms with E-state index in [-0.39, 0.29) is 5.91 Å². The number of carbonyl (C=O) groups excluding carboxylic acids is 1. The van der Waals surface area contributed by atoms with Crippen LogP contribution in [0.2, 0.25) is 0 Å². The van der Waals surface area contributed by atoms with Crippen molar-refractivity contribution in [3.05, 3.63) is 18.5 Å². The molecule has 0 spiro atoms. The third-order valence-electron chi connectivity index (χ3n) is 1.90. The van der Waals surface area contributed by atoms with Crippen molar-refractivity contribution in [3.63, 3.8) is 0 Å². The summed E-state index contributed by atoms with van der Waals surface area (Å²) in [5.74, 6) is 1.48. The van der Waals surface area contributed by atoms with E-state index in [1.54, 1.807) is 18.5 Å². The van der Waals surface area contributed by atoms with E-state index in [0.29, 0.717) is 16.8 Å². The predicted molar refractivity (Wildman–Crippen MR) is 67.0 cm³/mol. The van der Waals surface area contributed by atoms with Crippen molar-refractivity contribution in [2.45, 2.75) is 6.42 Å². The summed E-state index contributed by atoms with van der Waals surface area (Å²) < 4.78 is 0. The van der Waals surface area contributed by atoms with Crippen LogP contribution in [0.5, 0.6) is 0 Å². The van der Waals surface area contributed by atoms with Gasteiger partial charge < -0.3 is 5.32 Å². The Bertz CT molecular complexity index is 334. The molecule has 0 fully saturated rings. The fourth-order valence-corrected chi connectivity index (χ4v) is 1.87. The Hall–Kier alpha value is -1.34. The normalized spacial score (nSPS) is 10.0. The Balaban J connectivity index is 2.00. The minimum absolute atomic E-state index is 0.283. The molecule has 0 radical (unpaired) electrons. The summed E-state index contributed by atoms with van der Waals surface area (Å²) in [5, 5.41) is 12.5. The third kappa shape index (κ3) is 6.08. The standard InChI is InChI=1S/C10H16N4O2S/c1-14(16)9(15)8-17-7-3-6-13-10-11-4-2-5-12-10/h2,4-5,16H,3,6-8H2,1H3,(H,11,12,13). The van der Waals surface area contributed by atoms with Gasteiger partial charge in [0, 0.05) is 26.0 Å². The molecule has 1 heterocycles. The van der Waals surface area contributed by atoms with Gasteiger partial charge >= 0.3 is 0 Å². The molecule has 1 rings (SSSR count). The van der Waals surface area contributed by atoms with E-state index in [1.807, 2.05) is 0 Å². The SMILES string of the molecule is CN(O)C(=O)CSCCCNc1ncccn1.